The van der Waals surface area contributed by atoms with Gasteiger partial charge < -0.3 is 10.2 Å². The fraction of sp³-hybridized carbons (Fsp3) is 0.600. The van der Waals surface area contributed by atoms with Crippen LogP contribution >= 0.6 is 15.9 Å². The molecule has 3 rings (SSSR count). The van der Waals surface area contributed by atoms with Gasteiger partial charge in [0.05, 0.1) is 0 Å². The van der Waals surface area contributed by atoms with Gasteiger partial charge in [0.15, 0.2) is 0 Å². The maximum Gasteiger partial charge on any atom is 0.0423 e. The van der Waals surface area contributed by atoms with Crippen molar-refractivity contribution >= 4 is 21.6 Å². The van der Waals surface area contributed by atoms with E-state index in [0.29, 0.717) is 0 Å². The predicted octanol–water partition coefficient (Wildman–Crippen LogP) is 2.45. The molecular formula is C15H22BrN3. The van der Waals surface area contributed by atoms with Crippen molar-refractivity contribution in [2.45, 2.75) is 19.4 Å². The Morgan fingerprint density at radius 1 is 1.05 bits per heavy atom. The maximum absolute atomic E-state index is 3.75. The summed E-state index contributed by atoms with van der Waals surface area (Å²) in [7, 11) is 0. The molecule has 0 amide bonds. The molecule has 0 spiro atoms. The summed E-state index contributed by atoms with van der Waals surface area (Å²) in [5.74, 6) is 0. The second-order valence-electron chi connectivity index (χ2n) is 5.46. The first-order valence-electron chi connectivity index (χ1n) is 7.30. The minimum atomic E-state index is 1.06. The first-order valence-corrected chi connectivity index (χ1v) is 8.09. The number of nitrogens with zero attached hydrogens (tertiary/aromatic N) is 2. The zero-order chi connectivity index (χ0) is 13.1. The molecule has 4 heteroatoms. The highest BCUT2D eigenvalue weighted by atomic mass is 79.9. The Kier molecular flexibility index (Phi) is 4.41. The molecule has 0 radical (unpaired) electrons. The Balaban J connectivity index is 1.81. The zero-order valence-electron chi connectivity index (χ0n) is 11.4. The van der Waals surface area contributed by atoms with Crippen molar-refractivity contribution in [1.82, 2.24) is 10.2 Å². The molecule has 0 aliphatic carbocycles. The van der Waals surface area contributed by atoms with E-state index < -0.39 is 0 Å². The number of anilines is 1. The summed E-state index contributed by atoms with van der Waals surface area (Å²) < 4.78 is 1.26. The second kappa shape index (κ2) is 6.25. The van der Waals surface area contributed by atoms with Gasteiger partial charge in [-0.1, -0.05) is 22.0 Å². The Hall–Kier alpha value is -0.580. The van der Waals surface area contributed by atoms with Gasteiger partial charge in [0.2, 0.25) is 0 Å². The lowest BCUT2D eigenvalue weighted by molar-refractivity contribution is 0.233. The molecule has 0 saturated carbocycles. The lowest BCUT2D eigenvalue weighted by Gasteiger charge is -2.30. The maximum atomic E-state index is 3.75. The van der Waals surface area contributed by atoms with E-state index in [2.05, 4.69) is 49.2 Å². The molecule has 1 aromatic rings. The Morgan fingerprint density at radius 2 is 1.79 bits per heavy atom. The molecule has 2 heterocycles. The molecule has 2 aliphatic rings. The van der Waals surface area contributed by atoms with E-state index in [4.69, 9.17) is 0 Å². The van der Waals surface area contributed by atoms with Gasteiger partial charge in [0.25, 0.3) is 0 Å². The summed E-state index contributed by atoms with van der Waals surface area (Å²) in [6.07, 6.45) is 2.67. The van der Waals surface area contributed by atoms with Gasteiger partial charge in [-0.05, 0) is 25.0 Å². The van der Waals surface area contributed by atoms with Crippen LogP contribution in [0, 0.1) is 0 Å². The van der Waals surface area contributed by atoms with Crippen molar-refractivity contribution in [2.24, 2.45) is 0 Å². The average Bonchev–Trinajstić information content (AvgIpc) is 2.96. The third-order valence-electron chi connectivity index (χ3n) is 4.13. The van der Waals surface area contributed by atoms with Crippen LogP contribution in [0.15, 0.2) is 22.7 Å². The van der Waals surface area contributed by atoms with Crippen LogP contribution in [0.3, 0.4) is 0 Å². The summed E-state index contributed by atoms with van der Waals surface area (Å²) in [4.78, 5) is 5.10. The summed E-state index contributed by atoms with van der Waals surface area (Å²) in [5.41, 5.74) is 2.90. The molecule has 19 heavy (non-hydrogen) atoms. The average molecular weight is 324 g/mol. The van der Waals surface area contributed by atoms with Crippen LogP contribution in [0.5, 0.6) is 0 Å². The topological polar surface area (TPSA) is 18.5 Å². The van der Waals surface area contributed by atoms with E-state index in [-0.39, 0.29) is 0 Å². The fourth-order valence-corrected chi connectivity index (χ4v) is 3.53. The molecule has 1 N–H and O–H groups in total. The van der Waals surface area contributed by atoms with Gasteiger partial charge >= 0.3 is 0 Å². The van der Waals surface area contributed by atoms with Gasteiger partial charge in [0, 0.05) is 61.5 Å². The molecule has 2 aliphatic heterocycles. The lowest BCUT2D eigenvalue weighted by Crippen LogP contribution is -2.43. The van der Waals surface area contributed by atoms with E-state index in [1.165, 1.54) is 41.7 Å². The van der Waals surface area contributed by atoms with Crippen molar-refractivity contribution in [2.75, 3.05) is 44.2 Å². The minimum absolute atomic E-state index is 1.06. The van der Waals surface area contributed by atoms with E-state index in [1.807, 2.05) is 0 Å². The van der Waals surface area contributed by atoms with Crippen molar-refractivity contribution in [3.63, 3.8) is 0 Å². The van der Waals surface area contributed by atoms with Gasteiger partial charge in [-0.15, -0.1) is 0 Å². The highest BCUT2D eigenvalue weighted by Crippen LogP contribution is 2.31. The van der Waals surface area contributed by atoms with Crippen molar-refractivity contribution in [3.05, 3.63) is 28.2 Å². The smallest absolute Gasteiger partial charge is 0.0423 e. The van der Waals surface area contributed by atoms with Gasteiger partial charge in [0.1, 0.15) is 0 Å². The van der Waals surface area contributed by atoms with Crippen molar-refractivity contribution < 1.29 is 0 Å². The van der Waals surface area contributed by atoms with Crippen molar-refractivity contribution in [3.8, 4) is 0 Å². The van der Waals surface area contributed by atoms with Crippen LogP contribution in [-0.2, 0) is 6.54 Å². The van der Waals surface area contributed by atoms with Crippen LogP contribution in [0.25, 0.3) is 0 Å². The Labute approximate surface area is 124 Å². The Morgan fingerprint density at radius 3 is 2.53 bits per heavy atom. The lowest BCUT2D eigenvalue weighted by atomic mass is 10.1. The molecule has 0 aromatic heterocycles. The predicted molar refractivity (Wildman–Crippen MR) is 83.7 cm³/mol. The van der Waals surface area contributed by atoms with E-state index in [0.717, 1.165) is 32.7 Å². The monoisotopic (exact) mass is 323 g/mol. The highest BCUT2D eigenvalue weighted by Gasteiger charge is 2.19. The molecule has 3 nitrogen and oxygen atoms in total. The SMILES string of the molecule is Brc1cccc(N2CCCC2)c1CN1CCNCC1. The number of hydrogen-bond acceptors (Lipinski definition) is 3. The first kappa shape index (κ1) is 13.4. The van der Waals surface area contributed by atoms with E-state index in [9.17, 15) is 0 Å². The van der Waals surface area contributed by atoms with Crippen LogP contribution in [0.4, 0.5) is 5.69 Å². The molecule has 2 saturated heterocycles. The number of hydrogen-bond donors (Lipinski definition) is 1. The summed E-state index contributed by atoms with van der Waals surface area (Å²) in [5, 5.41) is 3.42. The Bertz CT molecular complexity index is 423. The number of nitrogens with one attached hydrogen (secondary N) is 1. The molecule has 2 fully saturated rings. The molecule has 104 valence electrons. The van der Waals surface area contributed by atoms with E-state index in [1.54, 1.807) is 0 Å². The largest absolute Gasteiger partial charge is 0.371 e. The molecular weight excluding hydrogens is 302 g/mol. The van der Waals surface area contributed by atoms with Crippen LogP contribution < -0.4 is 10.2 Å². The quantitative estimate of drug-likeness (QED) is 0.921. The number of benzene rings is 1. The standard InChI is InChI=1S/C15H22BrN3/c16-14-4-3-5-15(19-8-1-2-9-19)13(14)12-18-10-6-17-7-11-18/h3-5,17H,1-2,6-12H2. The summed E-state index contributed by atoms with van der Waals surface area (Å²) in [6.45, 7) is 8.03. The second-order valence-corrected chi connectivity index (χ2v) is 6.31. The minimum Gasteiger partial charge on any atom is -0.371 e. The number of rotatable bonds is 3. The molecule has 1 aromatic carbocycles. The molecule has 0 atom stereocenters. The highest BCUT2D eigenvalue weighted by molar-refractivity contribution is 9.10. The van der Waals surface area contributed by atoms with Gasteiger partial charge in [-0.3, -0.25) is 4.90 Å². The van der Waals surface area contributed by atoms with Gasteiger partial charge in [-0.25, -0.2) is 0 Å². The third-order valence-corrected chi connectivity index (χ3v) is 4.88. The number of halogens is 1. The fourth-order valence-electron chi connectivity index (χ4n) is 3.05. The summed E-state index contributed by atoms with van der Waals surface area (Å²) >= 11 is 3.75. The van der Waals surface area contributed by atoms with Crippen LogP contribution in [-0.4, -0.2) is 44.2 Å². The number of piperazine rings is 1. The first-order chi connectivity index (χ1) is 9.34. The third kappa shape index (κ3) is 3.12. The van der Waals surface area contributed by atoms with Crippen LogP contribution in [0.2, 0.25) is 0 Å². The van der Waals surface area contributed by atoms with Gasteiger partial charge in [-0.2, -0.15) is 0 Å². The van der Waals surface area contributed by atoms with E-state index >= 15 is 0 Å². The van der Waals surface area contributed by atoms with Crippen molar-refractivity contribution in [1.29, 1.82) is 0 Å². The van der Waals surface area contributed by atoms with Crippen LogP contribution in [0.1, 0.15) is 18.4 Å². The zero-order valence-corrected chi connectivity index (χ0v) is 13.0. The normalized spacial score (nSPS) is 21.0. The molecule has 0 unspecified atom stereocenters. The summed E-state index contributed by atoms with van der Waals surface area (Å²) in [6, 6.07) is 6.63. The molecule has 0 bridgehead atoms.